The van der Waals surface area contributed by atoms with Crippen molar-refractivity contribution in [2.45, 2.75) is 51.2 Å². The van der Waals surface area contributed by atoms with Gasteiger partial charge in [-0.1, -0.05) is 37.5 Å². The number of halogens is 1. The highest BCUT2D eigenvalue weighted by atomic mass is 35.5. The van der Waals surface area contributed by atoms with Crippen LogP contribution in [0.2, 0.25) is 0 Å². The van der Waals surface area contributed by atoms with Gasteiger partial charge in [0, 0.05) is 35.7 Å². The summed E-state index contributed by atoms with van der Waals surface area (Å²) < 4.78 is 0. The van der Waals surface area contributed by atoms with Crippen LogP contribution in [0.1, 0.15) is 43.4 Å². The lowest BCUT2D eigenvalue weighted by atomic mass is 9.94. The van der Waals surface area contributed by atoms with Crippen LogP contribution in [0.25, 0.3) is 10.9 Å². The third kappa shape index (κ3) is 2.17. The lowest BCUT2D eigenvalue weighted by Crippen LogP contribution is -2.32. The third-order valence-corrected chi connectivity index (χ3v) is 4.72. The maximum atomic E-state index is 3.60. The Morgan fingerprint density at radius 1 is 1.00 bits per heavy atom. The quantitative estimate of drug-likeness (QED) is 0.825. The van der Waals surface area contributed by atoms with Crippen molar-refractivity contribution < 1.29 is 0 Å². The van der Waals surface area contributed by atoms with Gasteiger partial charge in [-0.25, -0.2) is 0 Å². The van der Waals surface area contributed by atoms with Crippen LogP contribution in [0.4, 0.5) is 0 Å². The summed E-state index contributed by atoms with van der Waals surface area (Å²) in [6.07, 6.45) is 7.11. The van der Waals surface area contributed by atoms with Gasteiger partial charge in [-0.2, -0.15) is 0 Å². The van der Waals surface area contributed by atoms with Gasteiger partial charge in [-0.3, -0.25) is 4.90 Å². The predicted octanol–water partition coefficient (Wildman–Crippen LogP) is 4.24. The van der Waals surface area contributed by atoms with E-state index in [4.69, 9.17) is 0 Å². The highest BCUT2D eigenvalue weighted by Crippen LogP contribution is 2.34. The number of benzene rings is 1. The second-order valence-electron chi connectivity index (χ2n) is 5.82. The summed E-state index contributed by atoms with van der Waals surface area (Å²) in [6.45, 7) is 2.29. The second-order valence-corrected chi connectivity index (χ2v) is 5.82. The van der Waals surface area contributed by atoms with Crippen LogP contribution in [-0.4, -0.2) is 15.9 Å². The number of hydrogen-bond donors (Lipinski definition) is 1. The molecule has 0 radical (unpaired) electrons. The van der Waals surface area contributed by atoms with Crippen molar-refractivity contribution in [2.24, 2.45) is 0 Å². The van der Waals surface area contributed by atoms with Crippen molar-refractivity contribution >= 4 is 23.3 Å². The van der Waals surface area contributed by atoms with E-state index >= 15 is 0 Å². The summed E-state index contributed by atoms with van der Waals surface area (Å²) in [5.41, 5.74) is 4.32. The van der Waals surface area contributed by atoms with Gasteiger partial charge in [0.1, 0.15) is 0 Å². The summed E-state index contributed by atoms with van der Waals surface area (Å²) in [6, 6.07) is 9.55. The topological polar surface area (TPSA) is 19.0 Å². The summed E-state index contributed by atoms with van der Waals surface area (Å²) in [4.78, 5) is 6.29. The molecular formula is C16H21ClN2. The van der Waals surface area contributed by atoms with Crippen molar-refractivity contribution in [1.29, 1.82) is 0 Å². The lowest BCUT2D eigenvalue weighted by molar-refractivity contribution is 0.156. The number of fused-ring (bicyclic) bond motifs is 3. The first kappa shape index (κ1) is 13.0. The first-order valence-electron chi connectivity index (χ1n) is 7.24. The highest BCUT2D eigenvalue weighted by Gasteiger charge is 2.29. The molecule has 0 spiro atoms. The molecular weight excluding hydrogens is 256 g/mol. The standard InChI is InChI=1S/C16H20N2.ClH/c1-2-6-12(7-3-1)18-10-14-13-8-4-5-9-15(13)17-16(14)11-18;/h4-5,8-9,12,17H,1-3,6-7,10-11H2;1H. The number of H-pyrrole nitrogens is 1. The van der Waals surface area contributed by atoms with Gasteiger partial charge in [-0.05, 0) is 24.5 Å². The minimum absolute atomic E-state index is 0. The zero-order chi connectivity index (χ0) is 11.9. The van der Waals surface area contributed by atoms with Crippen molar-refractivity contribution in [3.8, 4) is 0 Å². The molecule has 0 unspecified atom stereocenters. The number of nitrogens with zero attached hydrogens (tertiary/aromatic N) is 1. The van der Waals surface area contributed by atoms with Crippen LogP contribution in [0, 0.1) is 0 Å². The molecule has 1 aromatic carbocycles. The van der Waals surface area contributed by atoms with E-state index in [0.717, 1.165) is 19.1 Å². The molecule has 0 bridgehead atoms. The zero-order valence-electron chi connectivity index (χ0n) is 11.2. The van der Waals surface area contributed by atoms with Crippen molar-refractivity contribution in [3.63, 3.8) is 0 Å². The molecule has 1 aliphatic heterocycles. The van der Waals surface area contributed by atoms with E-state index in [9.17, 15) is 0 Å². The van der Waals surface area contributed by atoms with Gasteiger partial charge in [0.25, 0.3) is 0 Å². The summed E-state index contributed by atoms with van der Waals surface area (Å²) in [5, 5.41) is 1.44. The van der Waals surface area contributed by atoms with E-state index in [1.165, 1.54) is 48.7 Å². The number of aromatic amines is 1. The van der Waals surface area contributed by atoms with Crippen LogP contribution in [0.3, 0.4) is 0 Å². The number of aromatic nitrogens is 1. The fraction of sp³-hybridized carbons (Fsp3) is 0.500. The molecule has 0 saturated heterocycles. The molecule has 3 heteroatoms. The molecule has 102 valence electrons. The molecule has 1 aliphatic carbocycles. The van der Waals surface area contributed by atoms with E-state index in [0.29, 0.717) is 0 Å². The Morgan fingerprint density at radius 2 is 1.79 bits per heavy atom. The predicted molar refractivity (Wildman–Crippen MR) is 81.7 cm³/mol. The van der Waals surface area contributed by atoms with Crippen molar-refractivity contribution in [1.82, 2.24) is 9.88 Å². The first-order chi connectivity index (χ1) is 8.92. The molecule has 2 aliphatic rings. The number of para-hydroxylation sites is 1. The summed E-state index contributed by atoms with van der Waals surface area (Å²) >= 11 is 0. The molecule has 2 aromatic rings. The molecule has 2 heterocycles. The van der Waals surface area contributed by atoms with E-state index < -0.39 is 0 Å². The molecule has 1 saturated carbocycles. The summed E-state index contributed by atoms with van der Waals surface area (Å²) in [5.74, 6) is 0. The Labute approximate surface area is 120 Å². The Balaban J connectivity index is 0.00000110. The number of rotatable bonds is 1. The molecule has 1 fully saturated rings. The molecule has 1 N–H and O–H groups in total. The van der Waals surface area contributed by atoms with Crippen LogP contribution < -0.4 is 0 Å². The zero-order valence-corrected chi connectivity index (χ0v) is 12.0. The minimum Gasteiger partial charge on any atom is -0.357 e. The van der Waals surface area contributed by atoms with Gasteiger partial charge in [-0.15, -0.1) is 12.4 Å². The molecule has 19 heavy (non-hydrogen) atoms. The normalized spacial score (nSPS) is 20.4. The molecule has 2 nitrogen and oxygen atoms in total. The van der Waals surface area contributed by atoms with Gasteiger partial charge in [0.2, 0.25) is 0 Å². The summed E-state index contributed by atoms with van der Waals surface area (Å²) in [7, 11) is 0. The van der Waals surface area contributed by atoms with E-state index in [-0.39, 0.29) is 12.4 Å². The Morgan fingerprint density at radius 3 is 2.63 bits per heavy atom. The fourth-order valence-corrected chi connectivity index (χ4v) is 3.74. The van der Waals surface area contributed by atoms with Gasteiger partial charge >= 0.3 is 0 Å². The van der Waals surface area contributed by atoms with E-state index in [1.54, 1.807) is 5.56 Å². The van der Waals surface area contributed by atoms with Crippen molar-refractivity contribution in [3.05, 3.63) is 35.5 Å². The highest BCUT2D eigenvalue weighted by molar-refractivity contribution is 5.85. The molecule has 0 amide bonds. The number of nitrogens with one attached hydrogen (secondary N) is 1. The molecule has 4 rings (SSSR count). The Kier molecular flexibility index (Phi) is 3.55. The SMILES string of the molecule is Cl.c1ccc2c3c([nH]c2c1)CN(C1CCCCC1)C3. The Hall–Kier alpha value is -0.990. The van der Waals surface area contributed by atoms with Crippen molar-refractivity contribution in [2.75, 3.05) is 0 Å². The van der Waals surface area contributed by atoms with Crippen LogP contribution in [0.5, 0.6) is 0 Å². The van der Waals surface area contributed by atoms with Gasteiger partial charge in [0.15, 0.2) is 0 Å². The molecule has 1 aromatic heterocycles. The van der Waals surface area contributed by atoms with Gasteiger partial charge < -0.3 is 4.98 Å². The van der Waals surface area contributed by atoms with E-state index in [2.05, 4.69) is 34.1 Å². The maximum Gasteiger partial charge on any atom is 0.0459 e. The minimum atomic E-state index is 0. The smallest absolute Gasteiger partial charge is 0.0459 e. The maximum absolute atomic E-state index is 3.60. The van der Waals surface area contributed by atoms with Crippen LogP contribution >= 0.6 is 12.4 Å². The number of hydrogen-bond acceptors (Lipinski definition) is 1. The average molecular weight is 277 g/mol. The first-order valence-corrected chi connectivity index (χ1v) is 7.24. The molecule has 0 atom stereocenters. The van der Waals surface area contributed by atoms with Crippen LogP contribution in [0.15, 0.2) is 24.3 Å². The second kappa shape index (κ2) is 5.18. The monoisotopic (exact) mass is 276 g/mol. The van der Waals surface area contributed by atoms with Crippen LogP contribution in [-0.2, 0) is 13.1 Å². The third-order valence-electron chi connectivity index (χ3n) is 4.72. The Bertz CT molecular complexity index is 569. The lowest BCUT2D eigenvalue weighted by Gasteiger charge is -2.30. The average Bonchev–Trinajstić information content (AvgIpc) is 2.97. The largest absolute Gasteiger partial charge is 0.357 e. The fourth-order valence-electron chi connectivity index (χ4n) is 3.74. The van der Waals surface area contributed by atoms with E-state index in [1.807, 2.05) is 0 Å². The van der Waals surface area contributed by atoms with Gasteiger partial charge in [0.05, 0.1) is 0 Å².